The molecule has 10 heavy (non-hydrogen) atoms. The molecule has 58 valence electrons. The lowest BCUT2D eigenvalue weighted by Crippen LogP contribution is -2.12. The van der Waals surface area contributed by atoms with Gasteiger partial charge in [0.05, 0.1) is 6.61 Å². The van der Waals surface area contributed by atoms with Crippen molar-refractivity contribution in [3.63, 3.8) is 0 Å². The summed E-state index contributed by atoms with van der Waals surface area (Å²) in [5.74, 6) is 0. The van der Waals surface area contributed by atoms with E-state index in [2.05, 4.69) is 4.74 Å². The molecule has 0 bridgehead atoms. The Morgan fingerprint density at radius 2 is 2.30 bits per heavy atom. The summed E-state index contributed by atoms with van der Waals surface area (Å²) >= 11 is 0. The molecule has 0 unspecified atom stereocenters. The fraction of sp³-hybridized carbons (Fsp3) is 0.857. The number of hydrogen-bond acceptors (Lipinski definition) is 3. The van der Waals surface area contributed by atoms with Crippen LogP contribution >= 0.6 is 0 Å². The Kier molecular flexibility index (Phi) is 2.40. The molecule has 1 rings (SSSR count). The zero-order valence-electron chi connectivity index (χ0n) is 6.13. The monoisotopic (exact) mass is 144 g/mol. The molecule has 3 heteroatoms. The zero-order valence-corrected chi connectivity index (χ0v) is 6.13. The summed E-state index contributed by atoms with van der Waals surface area (Å²) in [7, 11) is 1.57. The van der Waals surface area contributed by atoms with Gasteiger partial charge in [0.25, 0.3) is 0 Å². The van der Waals surface area contributed by atoms with Crippen molar-refractivity contribution in [2.24, 2.45) is 5.41 Å². The second kappa shape index (κ2) is 3.12. The van der Waals surface area contributed by atoms with Crippen molar-refractivity contribution in [1.82, 2.24) is 0 Å². The summed E-state index contributed by atoms with van der Waals surface area (Å²) in [5.41, 5.74) is -0.140. The molecule has 1 saturated carbocycles. The first-order valence-electron chi connectivity index (χ1n) is 3.36. The zero-order chi connectivity index (χ0) is 7.45. The molecule has 0 aromatic heterocycles. The summed E-state index contributed by atoms with van der Waals surface area (Å²) in [4.78, 5) is 10.4. The molecular formula is C7H12O3. The normalized spacial score (nSPS) is 20.5. The van der Waals surface area contributed by atoms with Crippen molar-refractivity contribution in [3.8, 4) is 0 Å². The van der Waals surface area contributed by atoms with Gasteiger partial charge in [0.1, 0.15) is 13.1 Å². The lowest BCUT2D eigenvalue weighted by atomic mass is 10.2. The van der Waals surface area contributed by atoms with Crippen LogP contribution in [-0.2, 0) is 14.3 Å². The van der Waals surface area contributed by atoms with Crippen LogP contribution in [0.15, 0.2) is 0 Å². The van der Waals surface area contributed by atoms with Crippen molar-refractivity contribution in [2.75, 3.05) is 20.5 Å². The molecule has 0 spiro atoms. The quantitative estimate of drug-likeness (QED) is 0.322. The number of rotatable bonds is 5. The number of carbonyl (C=O) groups is 1. The van der Waals surface area contributed by atoms with E-state index in [4.69, 9.17) is 4.74 Å². The van der Waals surface area contributed by atoms with Gasteiger partial charge in [-0.15, -0.1) is 0 Å². The molecule has 0 saturated heterocycles. The summed E-state index contributed by atoms with van der Waals surface area (Å²) in [6.45, 7) is 0.805. The smallest absolute Gasteiger partial charge is 0.146 e. The van der Waals surface area contributed by atoms with Crippen molar-refractivity contribution >= 4 is 6.29 Å². The summed E-state index contributed by atoms with van der Waals surface area (Å²) in [6, 6.07) is 0. The van der Waals surface area contributed by atoms with E-state index in [-0.39, 0.29) is 12.2 Å². The van der Waals surface area contributed by atoms with Gasteiger partial charge in [-0.3, -0.25) is 0 Å². The van der Waals surface area contributed by atoms with Gasteiger partial charge in [-0.05, 0) is 12.8 Å². The fourth-order valence-electron chi connectivity index (χ4n) is 0.785. The molecule has 0 amide bonds. The van der Waals surface area contributed by atoms with E-state index < -0.39 is 0 Å². The van der Waals surface area contributed by atoms with Crippen LogP contribution in [0.1, 0.15) is 12.8 Å². The van der Waals surface area contributed by atoms with Crippen LogP contribution in [0.5, 0.6) is 0 Å². The van der Waals surface area contributed by atoms with Crippen LogP contribution in [0, 0.1) is 5.41 Å². The van der Waals surface area contributed by atoms with Crippen LogP contribution < -0.4 is 0 Å². The average molecular weight is 144 g/mol. The molecule has 0 heterocycles. The van der Waals surface area contributed by atoms with Crippen molar-refractivity contribution in [2.45, 2.75) is 12.8 Å². The Morgan fingerprint density at radius 1 is 1.60 bits per heavy atom. The molecule has 1 aliphatic carbocycles. The average Bonchev–Trinajstić information content (AvgIpc) is 2.70. The van der Waals surface area contributed by atoms with Gasteiger partial charge >= 0.3 is 0 Å². The Balaban J connectivity index is 2.07. The minimum atomic E-state index is -0.140. The molecule has 0 aromatic rings. The second-order valence-corrected chi connectivity index (χ2v) is 2.74. The lowest BCUT2D eigenvalue weighted by molar-refractivity contribution is -0.116. The number of ether oxygens (including phenoxy) is 2. The van der Waals surface area contributed by atoms with Gasteiger partial charge in [-0.25, -0.2) is 0 Å². The van der Waals surface area contributed by atoms with Crippen molar-refractivity contribution in [1.29, 1.82) is 0 Å². The van der Waals surface area contributed by atoms with E-state index in [0.717, 1.165) is 19.1 Å². The van der Waals surface area contributed by atoms with Crippen molar-refractivity contribution < 1.29 is 14.3 Å². The van der Waals surface area contributed by atoms with Gasteiger partial charge < -0.3 is 14.3 Å². The summed E-state index contributed by atoms with van der Waals surface area (Å²) in [6.07, 6.45) is 2.93. The van der Waals surface area contributed by atoms with Crippen molar-refractivity contribution in [3.05, 3.63) is 0 Å². The SMILES string of the molecule is COCOCC1(C=O)CC1. The molecule has 0 aromatic carbocycles. The fourth-order valence-corrected chi connectivity index (χ4v) is 0.785. The minimum Gasteiger partial charge on any atom is -0.359 e. The first-order chi connectivity index (χ1) is 4.83. The molecule has 0 N–H and O–H groups in total. The Hall–Kier alpha value is -0.410. The van der Waals surface area contributed by atoms with Gasteiger partial charge in [0.15, 0.2) is 0 Å². The van der Waals surface area contributed by atoms with Gasteiger partial charge in [0.2, 0.25) is 0 Å². The number of methoxy groups -OCH3 is 1. The third-order valence-corrected chi connectivity index (χ3v) is 1.73. The predicted molar refractivity (Wildman–Crippen MR) is 35.6 cm³/mol. The van der Waals surface area contributed by atoms with Crippen LogP contribution in [0.3, 0.4) is 0 Å². The van der Waals surface area contributed by atoms with Gasteiger partial charge in [-0.2, -0.15) is 0 Å². The third-order valence-electron chi connectivity index (χ3n) is 1.73. The molecule has 1 fully saturated rings. The van der Waals surface area contributed by atoms with E-state index in [1.54, 1.807) is 7.11 Å². The third kappa shape index (κ3) is 1.78. The minimum absolute atomic E-state index is 0.140. The Labute approximate surface area is 60.3 Å². The van der Waals surface area contributed by atoms with Gasteiger partial charge in [-0.1, -0.05) is 0 Å². The highest BCUT2D eigenvalue weighted by Gasteiger charge is 2.42. The molecule has 3 nitrogen and oxygen atoms in total. The Bertz CT molecular complexity index is 118. The topological polar surface area (TPSA) is 35.5 Å². The molecule has 0 aliphatic heterocycles. The van der Waals surface area contributed by atoms with Crippen LogP contribution in [-0.4, -0.2) is 26.8 Å². The maximum absolute atomic E-state index is 10.4. The highest BCUT2D eigenvalue weighted by atomic mass is 16.7. The van der Waals surface area contributed by atoms with Gasteiger partial charge in [0, 0.05) is 12.5 Å². The summed E-state index contributed by atoms with van der Waals surface area (Å²) < 4.78 is 9.72. The molecule has 1 aliphatic rings. The molecule has 0 radical (unpaired) electrons. The van der Waals surface area contributed by atoms with Crippen LogP contribution in [0.4, 0.5) is 0 Å². The standard InChI is InChI=1S/C7H12O3/c1-9-6-10-5-7(4-8)2-3-7/h4H,2-3,5-6H2,1H3. The first kappa shape index (κ1) is 7.69. The molecular weight excluding hydrogens is 132 g/mol. The van der Waals surface area contributed by atoms with E-state index in [9.17, 15) is 4.79 Å². The maximum atomic E-state index is 10.4. The second-order valence-electron chi connectivity index (χ2n) is 2.74. The largest absolute Gasteiger partial charge is 0.359 e. The van der Waals surface area contributed by atoms with E-state index in [1.807, 2.05) is 0 Å². The highest BCUT2D eigenvalue weighted by molar-refractivity contribution is 5.63. The Morgan fingerprint density at radius 3 is 2.70 bits per heavy atom. The van der Waals surface area contributed by atoms with Crippen LogP contribution in [0.25, 0.3) is 0 Å². The molecule has 0 atom stereocenters. The van der Waals surface area contributed by atoms with E-state index in [1.165, 1.54) is 0 Å². The van der Waals surface area contributed by atoms with E-state index in [0.29, 0.717) is 6.61 Å². The van der Waals surface area contributed by atoms with Crippen LogP contribution in [0.2, 0.25) is 0 Å². The predicted octanol–water partition coefficient (Wildman–Crippen LogP) is 0.586. The maximum Gasteiger partial charge on any atom is 0.146 e. The number of carbonyl (C=O) groups excluding carboxylic acids is 1. The lowest BCUT2D eigenvalue weighted by Gasteiger charge is -2.05. The first-order valence-corrected chi connectivity index (χ1v) is 3.36. The number of hydrogen-bond donors (Lipinski definition) is 0. The van der Waals surface area contributed by atoms with E-state index >= 15 is 0 Å². The summed E-state index contributed by atoms with van der Waals surface area (Å²) in [5, 5.41) is 0. The highest BCUT2D eigenvalue weighted by Crippen LogP contribution is 2.43. The number of aldehydes is 1.